The molecule has 1 amide bonds. The van der Waals surface area contributed by atoms with Gasteiger partial charge < -0.3 is 4.90 Å². The number of carbonyl (C=O) groups is 1. The molecule has 0 aromatic heterocycles. The number of hydrazone groups is 1. The number of hydrogen-bond acceptors (Lipinski definition) is 3. The van der Waals surface area contributed by atoms with E-state index in [0.717, 1.165) is 37.2 Å². The number of amides is 1. The average molecular weight is 287 g/mol. The first-order valence-corrected chi connectivity index (χ1v) is 7.84. The van der Waals surface area contributed by atoms with Crippen molar-refractivity contribution in [2.75, 3.05) is 12.0 Å². The highest BCUT2D eigenvalue weighted by Gasteiger charge is 2.25. The summed E-state index contributed by atoms with van der Waals surface area (Å²) in [6, 6.07) is 10.2. The summed E-state index contributed by atoms with van der Waals surface area (Å²) in [7, 11) is 0. The zero-order valence-electron chi connectivity index (χ0n) is 13.0. The standard InChI is InChI=1S/C17H25N3O/c1-3-16-11-7-8-12-20(16)17(21)13-14(2)18-19-15-9-5-4-6-10-15/h4-6,9-10,16,19H,3,7-8,11-13H2,1-2H3/b18-14+/t16-/m0/s1. The number of nitrogens with zero attached hydrogens (tertiary/aromatic N) is 2. The smallest absolute Gasteiger partial charge is 0.228 e. The number of likely N-dealkylation sites (tertiary alicyclic amines) is 1. The molecule has 1 aromatic carbocycles. The third-order valence-electron chi connectivity index (χ3n) is 3.98. The van der Waals surface area contributed by atoms with Crippen molar-refractivity contribution >= 4 is 17.3 Å². The Hall–Kier alpha value is -1.84. The van der Waals surface area contributed by atoms with Gasteiger partial charge in [-0.25, -0.2) is 0 Å². The van der Waals surface area contributed by atoms with Crippen LogP contribution in [0.5, 0.6) is 0 Å². The minimum Gasteiger partial charge on any atom is -0.339 e. The fraction of sp³-hybridized carbons (Fsp3) is 0.529. The molecule has 0 radical (unpaired) electrons. The van der Waals surface area contributed by atoms with Gasteiger partial charge in [-0.3, -0.25) is 10.2 Å². The predicted molar refractivity (Wildman–Crippen MR) is 87.4 cm³/mol. The van der Waals surface area contributed by atoms with E-state index in [-0.39, 0.29) is 5.91 Å². The summed E-state index contributed by atoms with van der Waals surface area (Å²) < 4.78 is 0. The third-order valence-corrected chi connectivity index (χ3v) is 3.98. The van der Waals surface area contributed by atoms with Gasteiger partial charge in [0.1, 0.15) is 0 Å². The minimum atomic E-state index is 0.206. The van der Waals surface area contributed by atoms with E-state index in [1.807, 2.05) is 42.2 Å². The van der Waals surface area contributed by atoms with Gasteiger partial charge in [0.2, 0.25) is 5.91 Å². The number of benzene rings is 1. The first-order chi connectivity index (χ1) is 10.2. The molecule has 4 heteroatoms. The van der Waals surface area contributed by atoms with Crippen LogP contribution in [0.3, 0.4) is 0 Å². The van der Waals surface area contributed by atoms with Gasteiger partial charge in [-0.2, -0.15) is 5.10 Å². The van der Waals surface area contributed by atoms with Gasteiger partial charge in [0, 0.05) is 18.3 Å². The summed E-state index contributed by atoms with van der Waals surface area (Å²) in [5.74, 6) is 0.206. The third kappa shape index (κ3) is 4.59. The maximum atomic E-state index is 12.4. The number of nitrogens with one attached hydrogen (secondary N) is 1. The lowest BCUT2D eigenvalue weighted by Crippen LogP contribution is -2.43. The lowest BCUT2D eigenvalue weighted by molar-refractivity contribution is -0.133. The van der Waals surface area contributed by atoms with Gasteiger partial charge in [-0.15, -0.1) is 0 Å². The Morgan fingerprint density at radius 1 is 1.33 bits per heavy atom. The number of piperidine rings is 1. The van der Waals surface area contributed by atoms with Crippen LogP contribution >= 0.6 is 0 Å². The first kappa shape index (κ1) is 15.5. The van der Waals surface area contributed by atoms with Crippen LogP contribution in [0.25, 0.3) is 0 Å². The molecule has 0 aliphatic carbocycles. The maximum absolute atomic E-state index is 12.4. The van der Waals surface area contributed by atoms with Crippen LogP contribution in [0.4, 0.5) is 5.69 Å². The Morgan fingerprint density at radius 3 is 2.81 bits per heavy atom. The van der Waals surface area contributed by atoms with Crippen molar-refractivity contribution in [3.05, 3.63) is 30.3 Å². The van der Waals surface area contributed by atoms with Crippen LogP contribution < -0.4 is 5.43 Å². The zero-order valence-corrected chi connectivity index (χ0v) is 13.0. The molecule has 1 aliphatic heterocycles. The molecule has 0 saturated carbocycles. The van der Waals surface area contributed by atoms with Gasteiger partial charge in [0.05, 0.1) is 12.1 Å². The summed E-state index contributed by atoms with van der Waals surface area (Å²) in [4.78, 5) is 14.5. The highest BCUT2D eigenvalue weighted by atomic mass is 16.2. The Balaban J connectivity index is 1.89. The molecule has 21 heavy (non-hydrogen) atoms. The van der Waals surface area contributed by atoms with E-state index in [0.29, 0.717) is 12.5 Å². The number of carbonyl (C=O) groups excluding carboxylic acids is 1. The molecule has 4 nitrogen and oxygen atoms in total. The second-order valence-corrected chi connectivity index (χ2v) is 5.65. The number of anilines is 1. The van der Waals surface area contributed by atoms with Crippen LogP contribution in [0.15, 0.2) is 35.4 Å². The molecule has 0 spiro atoms. The molecule has 1 heterocycles. The van der Waals surface area contributed by atoms with E-state index < -0.39 is 0 Å². The minimum absolute atomic E-state index is 0.206. The molecule has 1 N–H and O–H groups in total. The second kappa shape index (κ2) is 7.81. The number of hydrogen-bond donors (Lipinski definition) is 1. The second-order valence-electron chi connectivity index (χ2n) is 5.65. The lowest BCUT2D eigenvalue weighted by atomic mass is 9.99. The van der Waals surface area contributed by atoms with Crippen LogP contribution in [-0.2, 0) is 4.79 Å². The summed E-state index contributed by atoms with van der Waals surface area (Å²) in [5.41, 5.74) is 4.76. The lowest BCUT2D eigenvalue weighted by Gasteiger charge is -2.35. The fourth-order valence-electron chi connectivity index (χ4n) is 2.79. The van der Waals surface area contributed by atoms with Crippen molar-refractivity contribution in [2.24, 2.45) is 5.10 Å². The molecule has 1 atom stereocenters. The molecular weight excluding hydrogens is 262 g/mol. The van der Waals surface area contributed by atoms with Crippen molar-refractivity contribution in [1.29, 1.82) is 0 Å². The molecule has 1 aromatic rings. The van der Waals surface area contributed by atoms with Crippen molar-refractivity contribution in [3.63, 3.8) is 0 Å². The molecule has 2 rings (SSSR count). The highest BCUT2D eigenvalue weighted by molar-refractivity contribution is 6.00. The monoisotopic (exact) mass is 287 g/mol. The number of rotatable bonds is 5. The van der Waals surface area contributed by atoms with Crippen LogP contribution in [-0.4, -0.2) is 29.1 Å². The van der Waals surface area contributed by atoms with Crippen LogP contribution in [0.1, 0.15) is 46.0 Å². The van der Waals surface area contributed by atoms with E-state index in [4.69, 9.17) is 0 Å². The van der Waals surface area contributed by atoms with Crippen LogP contribution in [0, 0.1) is 0 Å². The SMILES string of the molecule is CC[C@H]1CCCCN1C(=O)C/C(C)=N/Nc1ccccc1. The molecule has 0 unspecified atom stereocenters. The Bertz CT molecular complexity index is 484. The van der Waals surface area contributed by atoms with Crippen molar-refractivity contribution in [2.45, 2.75) is 52.0 Å². The topological polar surface area (TPSA) is 44.7 Å². The van der Waals surface area contributed by atoms with Crippen LogP contribution in [0.2, 0.25) is 0 Å². The zero-order chi connectivity index (χ0) is 15.1. The molecule has 0 bridgehead atoms. The van der Waals surface area contributed by atoms with E-state index in [1.54, 1.807) is 0 Å². The van der Waals surface area contributed by atoms with Gasteiger partial charge in [0.15, 0.2) is 0 Å². The molecule has 1 saturated heterocycles. The predicted octanol–water partition coefficient (Wildman–Crippen LogP) is 3.66. The molecule has 1 aliphatic rings. The molecular formula is C17H25N3O. The first-order valence-electron chi connectivity index (χ1n) is 7.84. The Morgan fingerprint density at radius 2 is 2.10 bits per heavy atom. The van der Waals surface area contributed by atoms with E-state index in [9.17, 15) is 4.79 Å². The van der Waals surface area contributed by atoms with E-state index in [1.165, 1.54) is 6.42 Å². The molecule has 114 valence electrons. The molecule has 1 fully saturated rings. The van der Waals surface area contributed by atoms with E-state index >= 15 is 0 Å². The number of para-hydroxylation sites is 1. The van der Waals surface area contributed by atoms with E-state index in [2.05, 4.69) is 17.5 Å². The summed E-state index contributed by atoms with van der Waals surface area (Å²) in [6.45, 7) is 4.96. The van der Waals surface area contributed by atoms with Crippen molar-refractivity contribution < 1.29 is 4.79 Å². The Kier molecular flexibility index (Phi) is 5.78. The summed E-state index contributed by atoms with van der Waals surface area (Å²) >= 11 is 0. The van der Waals surface area contributed by atoms with Crippen molar-refractivity contribution in [1.82, 2.24) is 4.90 Å². The van der Waals surface area contributed by atoms with Gasteiger partial charge >= 0.3 is 0 Å². The average Bonchev–Trinajstić information content (AvgIpc) is 2.53. The van der Waals surface area contributed by atoms with Gasteiger partial charge in [0.25, 0.3) is 0 Å². The normalized spacial score (nSPS) is 19.4. The largest absolute Gasteiger partial charge is 0.339 e. The van der Waals surface area contributed by atoms with Gasteiger partial charge in [-0.1, -0.05) is 25.1 Å². The highest BCUT2D eigenvalue weighted by Crippen LogP contribution is 2.20. The summed E-state index contributed by atoms with van der Waals surface area (Å²) in [6.07, 6.45) is 4.95. The fourth-order valence-corrected chi connectivity index (χ4v) is 2.79. The quantitative estimate of drug-likeness (QED) is 0.663. The maximum Gasteiger partial charge on any atom is 0.228 e. The van der Waals surface area contributed by atoms with Crippen molar-refractivity contribution in [3.8, 4) is 0 Å². The summed E-state index contributed by atoms with van der Waals surface area (Å²) in [5, 5.41) is 4.30. The Labute approximate surface area is 127 Å². The van der Waals surface area contributed by atoms with Gasteiger partial charge in [-0.05, 0) is 44.7 Å².